The van der Waals surface area contributed by atoms with Crippen molar-refractivity contribution >= 4 is 11.6 Å². The fourth-order valence-corrected chi connectivity index (χ4v) is 1.66. The molecule has 1 aromatic carbocycles. The number of rotatable bonds is 2. The first-order valence-corrected chi connectivity index (χ1v) is 4.95. The normalized spacial score (nSPS) is 10.6. The lowest BCUT2D eigenvalue weighted by Crippen LogP contribution is -1.97. The van der Waals surface area contributed by atoms with Gasteiger partial charge in [-0.2, -0.15) is 0 Å². The Morgan fingerprint density at radius 1 is 1.47 bits per heavy atom. The second-order valence-electron chi connectivity index (χ2n) is 3.32. The maximum Gasteiger partial charge on any atom is 0.153 e. The number of hydrogen-bond acceptors (Lipinski definition) is 1. The van der Waals surface area contributed by atoms with Gasteiger partial charge in [0.25, 0.3) is 0 Å². The fraction of sp³-hybridized carbons (Fsp3) is 0.182. The van der Waals surface area contributed by atoms with E-state index >= 15 is 0 Å². The van der Waals surface area contributed by atoms with Gasteiger partial charge in [0.1, 0.15) is 13.0 Å². The number of imidazole rings is 1. The van der Waals surface area contributed by atoms with Crippen molar-refractivity contribution in [3.8, 4) is 5.69 Å². The smallest absolute Gasteiger partial charge is 0.153 e. The highest BCUT2D eigenvalue weighted by molar-refractivity contribution is 6.30. The third-order valence-corrected chi connectivity index (χ3v) is 2.54. The summed E-state index contributed by atoms with van der Waals surface area (Å²) in [6.07, 6.45) is 1.53. The summed E-state index contributed by atoms with van der Waals surface area (Å²) in [4.78, 5) is 3.88. The van der Waals surface area contributed by atoms with Crippen LogP contribution in [0.2, 0.25) is 5.15 Å². The lowest BCUT2D eigenvalue weighted by molar-refractivity contribution is 0.471. The van der Waals surface area contributed by atoms with Crippen molar-refractivity contribution in [3.63, 3.8) is 0 Å². The zero-order valence-electron chi connectivity index (χ0n) is 8.24. The monoisotopic (exact) mass is 224 g/mol. The molecule has 1 aromatic heterocycles. The van der Waals surface area contributed by atoms with Gasteiger partial charge < -0.3 is 0 Å². The molecular weight excluding hydrogens is 215 g/mol. The molecule has 1 heterocycles. The van der Waals surface area contributed by atoms with E-state index in [4.69, 9.17) is 11.6 Å². The van der Waals surface area contributed by atoms with Gasteiger partial charge in [-0.25, -0.2) is 9.37 Å². The minimum Gasteiger partial charge on any atom is -0.299 e. The first kappa shape index (κ1) is 10.2. The minimum atomic E-state index is -0.618. The first-order valence-electron chi connectivity index (χ1n) is 4.57. The summed E-state index contributed by atoms with van der Waals surface area (Å²) in [5.41, 5.74) is 2.38. The number of halogens is 2. The lowest BCUT2D eigenvalue weighted by Gasteiger charge is -2.06. The van der Waals surface area contributed by atoms with Crippen LogP contribution < -0.4 is 0 Å². The van der Waals surface area contributed by atoms with Gasteiger partial charge in [-0.15, -0.1) is 0 Å². The Bertz CT molecular complexity index is 479. The van der Waals surface area contributed by atoms with Crippen molar-refractivity contribution in [2.45, 2.75) is 13.6 Å². The zero-order chi connectivity index (χ0) is 10.8. The van der Waals surface area contributed by atoms with Gasteiger partial charge in [0, 0.05) is 5.69 Å². The lowest BCUT2D eigenvalue weighted by atomic mass is 10.2. The number of hydrogen-bond donors (Lipinski definition) is 0. The van der Waals surface area contributed by atoms with Crippen molar-refractivity contribution in [2.75, 3.05) is 0 Å². The molecular formula is C11H10ClFN2. The van der Waals surface area contributed by atoms with Gasteiger partial charge in [0.2, 0.25) is 0 Å². The Kier molecular flexibility index (Phi) is 2.73. The third-order valence-electron chi connectivity index (χ3n) is 2.22. The molecule has 0 unspecified atom stereocenters. The van der Waals surface area contributed by atoms with Crippen LogP contribution in [0.3, 0.4) is 0 Å². The van der Waals surface area contributed by atoms with Crippen LogP contribution in [0, 0.1) is 6.92 Å². The molecule has 0 atom stereocenters. The van der Waals surface area contributed by atoms with E-state index in [-0.39, 0.29) is 5.15 Å². The van der Waals surface area contributed by atoms with Gasteiger partial charge in [0.15, 0.2) is 5.15 Å². The molecule has 0 saturated heterocycles. The summed E-state index contributed by atoms with van der Waals surface area (Å²) in [7, 11) is 0. The number of benzene rings is 1. The van der Waals surface area contributed by atoms with Gasteiger partial charge >= 0.3 is 0 Å². The maximum absolute atomic E-state index is 12.7. The number of nitrogens with zero attached hydrogens (tertiary/aromatic N) is 2. The standard InChI is InChI=1S/C11H10ClFN2/c1-8-3-2-4-9(5-8)15-7-14-11(12)10(15)6-13/h2-5,7H,6H2,1H3. The highest BCUT2D eigenvalue weighted by Gasteiger charge is 2.09. The molecule has 0 saturated carbocycles. The quantitative estimate of drug-likeness (QED) is 0.765. The highest BCUT2D eigenvalue weighted by atomic mass is 35.5. The molecule has 15 heavy (non-hydrogen) atoms. The van der Waals surface area contributed by atoms with Crippen LogP contribution in [0.15, 0.2) is 30.6 Å². The molecule has 0 N–H and O–H groups in total. The average Bonchev–Trinajstić information content (AvgIpc) is 2.59. The predicted octanol–water partition coefficient (Wildman–Crippen LogP) is 3.30. The SMILES string of the molecule is Cc1cccc(-n2cnc(Cl)c2CF)c1. The molecule has 78 valence electrons. The molecule has 0 fully saturated rings. The molecule has 0 aliphatic rings. The van der Waals surface area contributed by atoms with Gasteiger partial charge in [-0.05, 0) is 24.6 Å². The second kappa shape index (κ2) is 4.03. The van der Waals surface area contributed by atoms with Crippen LogP contribution in [-0.4, -0.2) is 9.55 Å². The Balaban J connectivity index is 2.54. The Labute approximate surface area is 92.3 Å². The van der Waals surface area contributed by atoms with Gasteiger partial charge in [-0.3, -0.25) is 4.57 Å². The average molecular weight is 225 g/mol. The van der Waals surface area contributed by atoms with E-state index in [1.807, 2.05) is 31.2 Å². The topological polar surface area (TPSA) is 17.8 Å². The predicted molar refractivity (Wildman–Crippen MR) is 58.1 cm³/mol. The highest BCUT2D eigenvalue weighted by Crippen LogP contribution is 2.20. The van der Waals surface area contributed by atoms with Crippen LogP contribution in [0.5, 0.6) is 0 Å². The molecule has 2 aromatic rings. The number of alkyl halides is 1. The third kappa shape index (κ3) is 1.88. The van der Waals surface area contributed by atoms with Crippen molar-refractivity contribution in [1.29, 1.82) is 0 Å². The molecule has 0 radical (unpaired) electrons. The summed E-state index contributed by atoms with van der Waals surface area (Å²) in [5.74, 6) is 0. The Morgan fingerprint density at radius 2 is 2.27 bits per heavy atom. The summed E-state index contributed by atoms with van der Waals surface area (Å²) >= 11 is 5.76. The van der Waals surface area contributed by atoms with E-state index in [2.05, 4.69) is 4.98 Å². The number of aryl methyl sites for hydroxylation is 1. The molecule has 0 aliphatic carbocycles. The van der Waals surface area contributed by atoms with E-state index in [0.717, 1.165) is 11.3 Å². The molecule has 4 heteroatoms. The van der Waals surface area contributed by atoms with Crippen molar-refractivity contribution in [3.05, 3.63) is 47.0 Å². The van der Waals surface area contributed by atoms with Gasteiger partial charge in [-0.1, -0.05) is 23.7 Å². The van der Waals surface area contributed by atoms with Crippen molar-refractivity contribution in [1.82, 2.24) is 9.55 Å². The van der Waals surface area contributed by atoms with E-state index in [0.29, 0.717) is 5.69 Å². The largest absolute Gasteiger partial charge is 0.299 e. The van der Waals surface area contributed by atoms with Gasteiger partial charge in [0.05, 0.1) is 5.69 Å². The summed E-state index contributed by atoms with van der Waals surface area (Å²) in [6, 6.07) is 7.75. The second-order valence-corrected chi connectivity index (χ2v) is 3.68. The fourth-order valence-electron chi connectivity index (χ4n) is 1.47. The minimum absolute atomic E-state index is 0.221. The van der Waals surface area contributed by atoms with Crippen LogP contribution >= 0.6 is 11.6 Å². The van der Waals surface area contributed by atoms with Crippen LogP contribution in [-0.2, 0) is 6.67 Å². The van der Waals surface area contributed by atoms with E-state index in [9.17, 15) is 4.39 Å². The Hall–Kier alpha value is -1.35. The van der Waals surface area contributed by atoms with Crippen molar-refractivity contribution in [2.24, 2.45) is 0 Å². The molecule has 0 amide bonds. The van der Waals surface area contributed by atoms with Crippen LogP contribution in [0.25, 0.3) is 5.69 Å². The Morgan fingerprint density at radius 3 is 2.93 bits per heavy atom. The molecule has 0 spiro atoms. The van der Waals surface area contributed by atoms with Crippen molar-refractivity contribution < 1.29 is 4.39 Å². The maximum atomic E-state index is 12.7. The van der Waals surface area contributed by atoms with Crippen LogP contribution in [0.1, 0.15) is 11.3 Å². The summed E-state index contributed by atoms with van der Waals surface area (Å²) in [6.45, 7) is 1.37. The van der Waals surface area contributed by atoms with E-state index in [1.165, 1.54) is 6.33 Å². The molecule has 0 bridgehead atoms. The molecule has 0 aliphatic heterocycles. The summed E-state index contributed by atoms with van der Waals surface area (Å²) < 4.78 is 14.4. The number of aromatic nitrogens is 2. The molecule has 2 rings (SSSR count). The van der Waals surface area contributed by atoms with Crippen LogP contribution in [0.4, 0.5) is 4.39 Å². The van der Waals surface area contributed by atoms with E-state index < -0.39 is 6.67 Å². The van der Waals surface area contributed by atoms with E-state index in [1.54, 1.807) is 4.57 Å². The summed E-state index contributed by atoms with van der Waals surface area (Å²) in [5, 5.41) is 0.221. The first-order chi connectivity index (χ1) is 7.22. The zero-order valence-corrected chi connectivity index (χ0v) is 9.00. The molecule has 2 nitrogen and oxygen atoms in total.